The van der Waals surface area contributed by atoms with Gasteiger partial charge in [0.15, 0.2) is 5.76 Å². The summed E-state index contributed by atoms with van der Waals surface area (Å²) in [6.45, 7) is 8.80. The van der Waals surface area contributed by atoms with Crippen LogP contribution in [0.2, 0.25) is 0 Å². The van der Waals surface area contributed by atoms with E-state index in [1.54, 1.807) is 31.2 Å². The Balaban J connectivity index is 1.90. The molecule has 5 unspecified atom stereocenters. The number of hydrogen-bond donors (Lipinski definition) is 3. The van der Waals surface area contributed by atoms with Crippen molar-refractivity contribution in [2.75, 3.05) is 7.11 Å². The quantitative estimate of drug-likeness (QED) is 0.270. The monoisotopic (exact) mass is 552 g/mol. The van der Waals surface area contributed by atoms with Crippen LogP contribution in [0.3, 0.4) is 0 Å². The second-order valence-corrected chi connectivity index (χ2v) is 10.7. The lowest BCUT2D eigenvalue weighted by Crippen LogP contribution is -2.51. The summed E-state index contributed by atoms with van der Waals surface area (Å²) in [7, 11) is 1.54. The molecule has 1 heterocycles. The second-order valence-electron chi connectivity index (χ2n) is 10.7. The zero-order chi connectivity index (χ0) is 29.3. The molecular formula is C31H36O9. The Labute approximate surface area is 232 Å². The van der Waals surface area contributed by atoms with Gasteiger partial charge >= 0.3 is 5.97 Å². The molecule has 0 spiro atoms. The van der Waals surface area contributed by atoms with Gasteiger partial charge in [-0.05, 0) is 56.9 Å². The Bertz CT molecular complexity index is 1480. The Morgan fingerprint density at radius 3 is 2.38 bits per heavy atom. The molecule has 3 N–H and O–H groups in total. The lowest BCUT2D eigenvalue weighted by atomic mass is 9.76. The topological polar surface area (TPSA) is 136 Å². The van der Waals surface area contributed by atoms with Gasteiger partial charge in [-0.2, -0.15) is 0 Å². The SMILES string of the molecule is COc1ccc(-c2oc3c(CC=C(C)C)c(O)cc(O)c3c(=O)c2OC2CC(C)C(OC(C)=O)C(C)C2O)cc1. The number of allylic oxidation sites excluding steroid dienone is 2. The number of ether oxygens (including phenoxy) is 3. The van der Waals surface area contributed by atoms with Crippen molar-refractivity contribution in [1.29, 1.82) is 0 Å². The third kappa shape index (κ3) is 5.65. The lowest BCUT2D eigenvalue weighted by molar-refractivity contribution is -0.165. The van der Waals surface area contributed by atoms with Crippen LogP contribution in [-0.4, -0.2) is 46.7 Å². The third-order valence-electron chi connectivity index (χ3n) is 7.42. The second kappa shape index (κ2) is 11.6. The summed E-state index contributed by atoms with van der Waals surface area (Å²) in [5.74, 6) is -1.22. The number of aliphatic hydroxyl groups is 1. The number of hydrogen-bond acceptors (Lipinski definition) is 9. The van der Waals surface area contributed by atoms with Crippen LogP contribution in [0.4, 0.5) is 0 Å². The first-order valence-electron chi connectivity index (χ1n) is 13.3. The third-order valence-corrected chi connectivity index (χ3v) is 7.42. The molecule has 0 bridgehead atoms. The van der Waals surface area contributed by atoms with Crippen LogP contribution < -0.4 is 14.9 Å². The molecule has 0 radical (unpaired) electrons. The van der Waals surface area contributed by atoms with E-state index in [0.29, 0.717) is 23.3 Å². The Kier molecular flexibility index (Phi) is 8.44. The highest BCUT2D eigenvalue weighted by Crippen LogP contribution is 2.41. The van der Waals surface area contributed by atoms with E-state index in [2.05, 4.69) is 0 Å². The minimum absolute atomic E-state index is 0.0408. The minimum atomic E-state index is -1.05. The van der Waals surface area contributed by atoms with Crippen molar-refractivity contribution in [3.05, 3.63) is 57.8 Å². The Morgan fingerprint density at radius 2 is 1.77 bits per heavy atom. The van der Waals surface area contributed by atoms with Gasteiger partial charge in [0.1, 0.15) is 40.4 Å². The summed E-state index contributed by atoms with van der Waals surface area (Å²) in [5.41, 5.74) is 1.24. The molecule has 0 amide bonds. The molecular weight excluding hydrogens is 516 g/mol. The van der Waals surface area contributed by atoms with Crippen LogP contribution in [0, 0.1) is 11.8 Å². The highest BCUT2D eigenvalue weighted by molar-refractivity contribution is 5.91. The molecule has 4 rings (SSSR count). The lowest BCUT2D eigenvalue weighted by Gasteiger charge is -2.41. The van der Waals surface area contributed by atoms with Crippen LogP contribution in [-0.2, 0) is 16.0 Å². The van der Waals surface area contributed by atoms with Crippen LogP contribution in [0.15, 0.2) is 51.2 Å². The number of benzene rings is 2. The molecule has 9 heteroatoms. The molecule has 0 aliphatic heterocycles. The standard InChI is InChI=1S/C31H36O9/c1-15(2)7-12-21-22(33)14-23(34)25-27(36)31(29(40-30(21)25)19-8-10-20(37-6)11-9-19)39-24-13-16(3)28(38-18(5)32)17(4)26(24)35/h7-11,14,16-17,24,26,28,33-35H,12-13H2,1-6H3. The predicted molar refractivity (Wildman–Crippen MR) is 150 cm³/mol. The molecule has 0 saturated heterocycles. The normalized spacial score (nSPS) is 22.5. The number of carbonyl (C=O) groups is 1. The fraction of sp³-hybridized carbons (Fsp3) is 0.419. The number of esters is 1. The van der Waals surface area contributed by atoms with Crippen LogP contribution in [0.25, 0.3) is 22.3 Å². The van der Waals surface area contributed by atoms with Gasteiger partial charge in [-0.1, -0.05) is 25.5 Å². The molecule has 1 aliphatic rings. The van der Waals surface area contributed by atoms with Gasteiger partial charge in [-0.3, -0.25) is 9.59 Å². The first kappa shape index (κ1) is 29.0. The average Bonchev–Trinajstić information content (AvgIpc) is 2.90. The van der Waals surface area contributed by atoms with Gasteiger partial charge in [0, 0.05) is 30.0 Å². The molecule has 214 valence electrons. The molecule has 1 aliphatic carbocycles. The molecule has 2 aromatic carbocycles. The van der Waals surface area contributed by atoms with E-state index in [4.69, 9.17) is 18.6 Å². The van der Waals surface area contributed by atoms with E-state index in [0.717, 1.165) is 11.6 Å². The van der Waals surface area contributed by atoms with Crippen molar-refractivity contribution in [3.63, 3.8) is 0 Å². The summed E-state index contributed by atoms with van der Waals surface area (Å²) >= 11 is 0. The van der Waals surface area contributed by atoms with E-state index >= 15 is 0 Å². The highest BCUT2D eigenvalue weighted by Gasteiger charge is 2.44. The fourth-order valence-corrected chi connectivity index (χ4v) is 5.29. The number of rotatable bonds is 7. The van der Waals surface area contributed by atoms with E-state index in [9.17, 15) is 24.9 Å². The Hall–Kier alpha value is -3.98. The van der Waals surface area contributed by atoms with E-state index in [1.165, 1.54) is 14.0 Å². The van der Waals surface area contributed by atoms with E-state index in [-0.39, 0.29) is 40.6 Å². The number of fused-ring (bicyclic) bond motifs is 1. The maximum absolute atomic E-state index is 14.0. The maximum atomic E-state index is 14.0. The van der Waals surface area contributed by atoms with Crippen molar-refractivity contribution >= 4 is 16.9 Å². The molecule has 5 atom stereocenters. The Morgan fingerprint density at radius 1 is 1.10 bits per heavy atom. The van der Waals surface area contributed by atoms with Gasteiger partial charge in [-0.25, -0.2) is 0 Å². The molecule has 1 fully saturated rings. The molecule has 1 aromatic heterocycles. The summed E-state index contributed by atoms with van der Waals surface area (Å²) in [4.78, 5) is 25.6. The summed E-state index contributed by atoms with van der Waals surface area (Å²) in [6, 6.07) is 7.93. The average molecular weight is 553 g/mol. The highest BCUT2D eigenvalue weighted by atomic mass is 16.5. The van der Waals surface area contributed by atoms with Crippen molar-refractivity contribution in [3.8, 4) is 34.3 Å². The number of methoxy groups -OCH3 is 1. The number of carbonyl (C=O) groups excluding carboxylic acids is 1. The number of aromatic hydroxyl groups is 2. The van der Waals surface area contributed by atoms with Gasteiger partial charge in [0.2, 0.25) is 11.2 Å². The van der Waals surface area contributed by atoms with Gasteiger partial charge in [0.25, 0.3) is 0 Å². The van der Waals surface area contributed by atoms with Crippen LogP contribution in [0.1, 0.15) is 46.6 Å². The van der Waals surface area contributed by atoms with Crippen molar-refractivity contribution in [1.82, 2.24) is 0 Å². The molecule has 40 heavy (non-hydrogen) atoms. The molecule has 3 aromatic rings. The summed E-state index contributed by atoms with van der Waals surface area (Å²) in [6.07, 6.45) is 0.0649. The summed E-state index contributed by atoms with van der Waals surface area (Å²) in [5, 5.41) is 32.4. The molecule has 9 nitrogen and oxygen atoms in total. The zero-order valence-corrected chi connectivity index (χ0v) is 23.6. The van der Waals surface area contributed by atoms with Crippen molar-refractivity contribution in [2.45, 2.75) is 65.8 Å². The first-order chi connectivity index (χ1) is 18.9. The largest absolute Gasteiger partial charge is 0.507 e. The summed E-state index contributed by atoms with van der Waals surface area (Å²) < 4.78 is 23.3. The first-order valence-corrected chi connectivity index (χ1v) is 13.3. The fourth-order valence-electron chi connectivity index (χ4n) is 5.29. The molecule has 1 saturated carbocycles. The maximum Gasteiger partial charge on any atom is 0.302 e. The van der Waals surface area contributed by atoms with E-state index < -0.39 is 41.4 Å². The van der Waals surface area contributed by atoms with Gasteiger partial charge in [-0.15, -0.1) is 0 Å². The van der Waals surface area contributed by atoms with Crippen LogP contribution >= 0.6 is 0 Å². The van der Waals surface area contributed by atoms with Crippen molar-refractivity contribution in [2.24, 2.45) is 11.8 Å². The smallest absolute Gasteiger partial charge is 0.302 e. The number of aliphatic hydroxyl groups excluding tert-OH is 1. The van der Waals surface area contributed by atoms with Crippen molar-refractivity contribution < 1.29 is 38.7 Å². The minimum Gasteiger partial charge on any atom is -0.507 e. The van der Waals surface area contributed by atoms with Crippen LogP contribution in [0.5, 0.6) is 23.0 Å². The zero-order valence-electron chi connectivity index (χ0n) is 23.6. The van der Waals surface area contributed by atoms with Gasteiger partial charge < -0.3 is 33.9 Å². The van der Waals surface area contributed by atoms with E-state index in [1.807, 2.05) is 26.8 Å². The predicted octanol–water partition coefficient (Wildman–Crippen LogP) is 5.10. The number of phenolic OH excluding ortho intramolecular Hbond substituents is 2. The van der Waals surface area contributed by atoms with Gasteiger partial charge in [0.05, 0.1) is 13.2 Å². The number of phenols is 2.